The van der Waals surface area contributed by atoms with Crippen molar-refractivity contribution in [1.29, 1.82) is 0 Å². The minimum Gasteiger partial charge on any atom is -0.315 e. The molecule has 0 aliphatic carbocycles. The summed E-state index contributed by atoms with van der Waals surface area (Å²) in [6, 6.07) is 0.650. The minimum absolute atomic E-state index is 0.650. The molecule has 1 nitrogen and oxygen atoms in total. The van der Waals surface area contributed by atoms with Gasteiger partial charge in [-0.1, -0.05) is 48.3 Å². The minimum atomic E-state index is 0.650. The number of nitrogens with one attached hydrogen (secondary N) is 1. The Morgan fingerprint density at radius 1 is 1.29 bits per heavy atom. The molecule has 14 heavy (non-hydrogen) atoms. The van der Waals surface area contributed by atoms with Crippen LogP contribution in [0.25, 0.3) is 0 Å². The summed E-state index contributed by atoms with van der Waals surface area (Å²) in [4.78, 5) is 0. The number of hydrogen-bond donors (Lipinski definition) is 1. The van der Waals surface area contributed by atoms with Gasteiger partial charge in [-0.25, -0.2) is 0 Å². The van der Waals surface area contributed by atoms with Crippen molar-refractivity contribution in [2.75, 3.05) is 12.3 Å². The Labute approximate surface area is 96.6 Å². The zero-order chi connectivity index (χ0) is 10.2. The highest BCUT2D eigenvalue weighted by Crippen LogP contribution is 2.39. The molecule has 0 saturated carbocycles. The SMILES string of the molecule is CC(C)NCCCCCC1CCSS1. The molecule has 1 N–H and O–H groups in total. The van der Waals surface area contributed by atoms with E-state index in [2.05, 4.69) is 40.8 Å². The van der Waals surface area contributed by atoms with Gasteiger partial charge in [0.25, 0.3) is 0 Å². The van der Waals surface area contributed by atoms with Crippen molar-refractivity contribution in [3.8, 4) is 0 Å². The van der Waals surface area contributed by atoms with E-state index in [9.17, 15) is 0 Å². The van der Waals surface area contributed by atoms with E-state index in [1.165, 1.54) is 44.4 Å². The molecule has 1 atom stereocenters. The van der Waals surface area contributed by atoms with Crippen LogP contribution in [0.1, 0.15) is 46.0 Å². The first kappa shape index (κ1) is 12.7. The first-order chi connectivity index (χ1) is 6.79. The van der Waals surface area contributed by atoms with Crippen LogP contribution in [0.5, 0.6) is 0 Å². The van der Waals surface area contributed by atoms with Crippen molar-refractivity contribution in [3.05, 3.63) is 0 Å². The normalized spacial score (nSPS) is 22.1. The maximum Gasteiger partial charge on any atom is 0.0159 e. The van der Waals surface area contributed by atoms with Crippen molar-refractivity contribution in [1.82, 2.24) is 5.32 Å². The number of rotatable bonds is 7. The van der Waals surface area contributed by atoms with Crippen molar-refractivity contribution in [2.24, 2.45) is 0 Å². The highest BCUT2D eigenvalue weighted by molar-refractivity contribution is 8.77. The fourth-order valence-corrected chi connectivity index (χ4v) is 4.66. The van der Waals surface area contributed by atoms with E-state index >= 15 is 0 Å². The molecule has 0 aromatic heterocycles. The van der Waals surface area contributed by atoms with Gasteiger partial charge in [0.1, 0.15) is 0 Å². The van der Waals surface area contributed by atoms with Crippen LogP contribution in [0.15, 0.2) is 0 Å². The second-order valence-corrected chi connectivity index (χ2v) is 7.07. The number of hydrogen-bond acceptors (Lipinski definition) is 3. The van der Waals surface area contributed by atoms with Crippen molar-refractivity contribution in [2.45, 2.75) is 57.2 Å². The zero-order valence-electron chi connectivity index (χ0n) is 9.42. The largest absolute Gasteiger partial charge is 0.315 e. The lowest BCUT2D eigenvalue weighted by Gasteiger charge is -2.09. The Morgan fingerprint density at radius 2 is 2.14 bits per heavy atom. The molecule has 1 saturated heterocycles. The molecule has 0 spiro atoms. The Morgan fingerprint density at radius 3 is 2.79 bits per heavy atom. The summed E-state index contributed by atoms with van der Waals surface area (Å²) in [7, 11) is 4.17. The second-order valence-electron chi connectivity index (χ2n) is 4.29. The molecule has 0 amide bonds. The first-order valence-electron chi connectivity index (χ1n) is 5.80. The van der Waals surface area contributed by atoms with Gasteiger partial charge in [-0.05, 0) is 25.8 Å². The molecule has 0 bridgehead atoms. The van der Waals surface area contributed by atoms with Gasteiger partial charge in [-0.15, -0.1) is 0 Å². The summed E-state index contributed by atoms with van der Waals surface area (Å²) in [5.74, 6) is 1.38. The van der Waals surface area contributed by atoms with Crippen LogP contribution in [0, 0.1) is 0 Å². The van der Waals surface area contributed by atoms with Crippen LogP contribution in [0.3, 0.4) is 0 Å². The predicted molar refractivity (Wildman–Crippen MR) is 70.1 cm³/mol. The van der Waals surface area contributed by atoms with Crippen LogP contribution in [-0.4, -0.2) is 23.6 Å². The van der Waals surface area contributed by atoms with Crippen LogP contribution >= 0.6 is 21.6 Å². The van der Waals surface area contributed by atoms with Gasteiger partial charge in [0, 0.05) is 17.0 Å². The summed E-state index contributed by atoms with van der Waals surface area (Å²) >= 11 is 0. The van der Waals surface area contributed by atoms with Crippen molar-refractivity contribution >= 4 is 21.6 Å². The monoisotopic (exact) mass is 233 g/mol. The van der Waals surface area contributed by atoms with Gasteiger partial charge in [-0.2, -0.15) is 0 Å². The van der Waals surface area contributed by atoms with E-state index < -0.39 is 0 Å². The Hall–Kier alpha value is 0.660. The van der Waals surface area contributed by atoms with Crippen molar-refractivity contribution < 1.29 is 0 Å². The van der Waals surface area contributed by atoms with E-state index in [0.29, 0.717) is 6.04 Å². The molecule has 1 unspecified atom stereocenters. The fraction of sp³-hybridized carbons (Fsp3) is 1.00. The second kappa shape index (κ2) is 7.89. The molecule has 3 heteroatoms. The van der Waals surface area contributed by atoms with Crippen LogP contribution < -0.4 is 5.32 Å². The summed E-state index contributed by atoms with van der Waals surface area (Å²) in [5.41, 5.74) is 0. The van der Waals surface area contributed by atoms with E-state index in [1.807, 2.05) is 0 Å². The predicted octanol–water partition coefficient (Wildman–Crippen LogP) is 3.70. The maximum atomic E-state index is 3.46. The molecule has 1 rings (SSSR count). The topological polar surface area (TPSA) is 12.0 Å². The summed E-state index contributed by atoms with van der Waals surface area (Å²) in [6.07, 6.45) is 7.07. The third-order valence-electron chi connectivity index (χ3n) is 2.48. The highest BCUT2D eigenvalue weighted by Gasteiger charge is 2.15. The molecule has 0 aromatic carbocycles. The third-order valence-corrected chi connectivity index (χ3v) is 5.49. The fourth-order valence-electron chi connectivity index (χ4n) is 1.63. The Bertz CT molecular complexity index is 133. The molecular weight excluding hydrogens is 210 g/mol. The maximum absolute atomic E-state index is 3.46. The lowest BCUT2D eigenvalue weighted by Crippen LogP contribution is -2.23. The van der Waals surface area contributed by atoms with Gasteiger partial charge in [0.2, 0.25) is 0 Å². The van der Waals surface area contributed by atoms with Crippen LogP contribution in [0.2, 0.25) is 0 Å². The zero-order valence-corrected chi connectivity index (χ0v) is 11.1. The summed E-state index contributed by atoms with van der Waals surface area (Å²) in [5, 5.41) is 4.44. The summed E-state index contributed by atoms with van der Waals surface area (Å²) in [6.45, 7) is 5.63. The standard InChI is InChI=1S/C11H23NS2/c1-10(2)12-8-5-3-4-6-11-7-9-13-14-11/h10-12H,3-9H2,1-2H3. The molecule has 1 aliphatic rings. The van der Waals surface area contributed by atoms with Gasteiger partial charge < -0.3 is 5.32 Å². The Kier molecular flexibility index (Phi) is 7.17. The average Bonchev–Trinajstić information content (AvgIpc) is 2.63. The van der Waals surface area contributed by atoms with E-state index in [4.69, 9.17) is 0 Å². The molecule has 1 aliphatic heterocycles. The van der Waals surface area contributed by atoms with Gasteiger partial charge >= 0.3 is 0 Å². The van der Waals surface area contributed by atoms with E-state index in [-0.39, 0.29) is 0 Å². The van der Waals surface area contributed by atoms with Gasteiger partial charge in [0.15, 0.2) is 0 Å². The molecular formula is C11H23NS2. The molecule has 0 radical (unpaired) electrons. The molecule has 1 heterocycles. The van der Waals surface area contributed by atoms with Crippen LogP contribution in [-0.2, 0) is 0 Å². The van der Waals surface area contributed by atoms with Gasteiger partial charge in [-0.3, -0.25) is 0 Å². The Balaban J connectivity index is 1.79. The quantitative estimate of drug-likeness (QED) is 0.532. The van der Waals surface area contributed by atoms with E-state index in [0.717, 1.165) is 5.25 Å². The lowest BCUT2D eigenvalue weighted by molar-refractivity contribution is 0.538. The summed E-state index contributed by atoms with van der Waals surface area (Å²) < 4.78 is 0. The van der Waals surface area contributed by atoms with Crippen LogP contribution in [0.4, 0.5) is 0 Å². The molecule has 0 aromatic rings. The molecule has 1 fully saturated rings. The number of unbranched alkanes of at least 4 members (excludes halogenated alkanes) is 2. The smallest absolute Gasteiger partial charge is 0.0159 e. The van der Waals surface area contributed by atoms with Gasteiger partial charge in [0.05, 0.1) is 0 Å². The van der Waals surface area contributed by atoms with Crippen molar-refractivity contribution in [3.63, 3.8) is 0 Å². The third kappa shape index (κ3) is 6.20. The average molecular weight is 233 g/mol. The lowest BCUT2D eigenvalue weighted by atomic mass is 10.1. The molecule has 84 valence electrons. The highest BCUT2D eigenvalue weighted by atomic mass is 33.1. The van der Waals surface area contributed by atoms with E-state index in [1.54, 1.807) is 0 Å². The first-order valence-corrected chi connectivity index (χ1v) is 8.19.